The molecule has 4 aromatic carbocycles. The minimum absolute atomic E-state index is 0.0365. The molecule has 4 aromatic rings. The molecule has 1 heterocycles. The summed E-state index contributed by atoms with van der Waals surface area (Å²) in [6.45, 7) is 3.95. The summed E-state index contributed by atoms with van der Waals surface area (Å²) in [5.41, 5.74) is 1.41. The summed E-state index contributed by atoms with van der Waals surface area (Å²) in [6.07, 6.45) is -0.620. The Morgan fingerprint density at radius 1 is 1.09 bits per heavy atom. The van der Waals surface area contributed by atoms with E-state index >= 15 is 0 Å². The summed E-state index contributed by atoms with van der Waals surface area (Å²) < 4.78 is 35.2. The molecule has 0 aromatic heterocycles. The van der Waals surface area contributed by atoms with Gasteiger partial charge in [-0.15, -0.1) is 0 Å². The number of likely N-dealkylation sites (N-methyl/N-ethyl adjacent to an activating group) is 1. The number of ether oxygens (including phenoxy) is 1. The Hall–Kier alpha value is -4.32. The van der Waals surface area contributed by atoms with Crippen LogP contribution in [0.15, 0.2) is 89.8 Å². The lowest BCUT2D eigenvalue weighted by molar-refractivity contribution is -0.134. The molecule has 0 radical (unpaired) electrons. The highest BCUT2D eigenvalue weighted by Crippen LogP contribution is 2.31. The van der Waals surface area contributed by atoms with E-state index in [9.17, 15) is 23.1 Å². The monoisotopic (exact) mass is 664 g/mol. The first-order valence-electron chi connectivity index (χ1n) is 14.9. The van der Waals surface area contributed by atoms with Crippen LogP contribution >= 0.6 is 11.6 Å². The molecule has 10 nitrogen and oxygen atoms in total. The Morgan fingerprint density at radius 2 is 1.80 bits per heavy atom. The summed E-state index contributed by atoms with van der Waals surface area (Å²) in [7, 11) is -2.26. The van der Waals surface area contributed by atoms with Crippen molar-refractivity contribution in [2.24, 2.45) is 5.92 Å². The zero-order valence-electron chi connectivity index (χ0n) is 25.8. The van der Waals surface area contributed by atoms with Gasteiger partial charge in [-0.3, -0.25) is 9.52 Å². The number of hydrogen-bond donors (Lipinski definition) is 3. The lowest BCUT2D eigenvalue weighted by atomic mass is 10.0. The van der Waals surface area contributed by atoms with Crippen LogP contribution in [0.2, 0.25) is 5.02 Å². The molecule has 46 heavy (non-hydrogen) atoms. The number of nitrogens with one attached hydrogen (secondary N) is 2. The smallest absolute Gasteiger partial charge is 0.321 e. The molecule has 12 heteroatoms. The normalized spacial score (nSPS) is 17.6. The second-order valence-electron chi connectivity index (χ2n) is 11.6. The van der Waals surface area contributed by atoms with Gasteiger partial charge in [0.1, 0.15) is 11.9 Å². The van der Waals surface area contributed by atoms with E-state index in [1.165, 1.54) is 29.2 Å². The number of sulfonamides is 1. The predicted molar refractivity (Wildman–Crippen MR) is 180 cm³/mol. The van der Waals surface area contributed by atoms with Crippen LogP contribution in [-0.2, 0) is 21.2 Å². The number of anilines is 2. The minimum atomic E-state index is -3.94. The number of rotatable bonds is 8. The minimum Gasteiger partial charge on any atom is -0.488 e. The van der Waals surface area contributed by atoms with Gasteiger partial charge >= 0.3 is 6.03 Å². The van der Waals surface area contributed by atoms with Crippen molar-refractivity contribution in [2.75, 3.05) is 36.8 Å². The molecular formula is C34H37ClN4O6S. The Kier molecular flexibility index (Phi) is 10.0. The van der Waals surface area contributed by atoms with E-state index in [4.69, 9.17) is 16.3 Å². The first-order chi connectivity index (χ1) is 21.9. The highest BCUT2D eigenvalue weighted by molar-refractivity contribution is 7.92. The topological polar surface area (TPSA) is 128 Å². The van der Waals surface area contributed by atoms with Crippen LogP contribution in [0.25, 0.3) is 10.8 Å². The maximum atomic E-state index is 13.6. The molecule has 1 aliphatic heterocycles. The molecule has 0 fully saturated rings. The number of amides is 3. The summed E-state index contributed by atoms with van der Waals surface area (Å²) >= 11 is 5.92. The Bertz CT molecular complexity index is 1830. The molecule has 3 atom stereocenters. The third-order valence-corrected chi connectivity index (χ3v) is 9.77. The number of aliphatic hydroxyl groups excluding tert-OH is 1. The Labute approximate surface area is 274 Å². The molecule has 5 rings (SSSR count). The Morgan fingerprint density at radius 3 is 2.54 bits per heavy atom. The van der Waals surface area contributed by atoms with Crippen LogP contribution in [0.5, 0.6) is 5.75 Å². The maximum Gasteiger partial charge on any atom is 0.321 e. The summed E-state index contributed by atoms with van der Waals surface area (Å²) in [5, 5.41) is 15.3. The second-order valence-corrected chi connectivity index (χ2v) is 13.7. The Balaban J connectivity index is 1.41. The standard InChI is InChI=1S/C34H37ClN4O6S/c1-22-19-39(23(2)21-40)33(41)18-25-17-27(37-46(43,44)28-14-11-26(35)12-15-28)13-16-31(25)45-32(22)20-38(3)34(42)36-30-10-6-8-24-7-4-5-9-29(24)30/h4-17,22-23,32,37,40H,18-21H2,1-3H3,(H,36,42)/t22-,23-,32-/m0/s1. The fourth-order valence-electron chi connectivity index (χ4n) is 5.44. The van der Waals surface area contributed by atoms with Crippen molar-refractivity contribution in [3.05, 3.63) is 95.5 Å². The number of nitrogens with zero attached hydrogens (tertiary/aromatic N) is 2. The molecule has 1 aliphatic rings. The van der Waals surface area contributed by atoms with Gasteiger partial charge in [-0.25, -0.2) is 13.2 Å². The van der Waals surface area contributed by atoms with Crippen molar-refractivity contribution in [3.8, 4) is 5.75 Å². The van der Waals surface area contributed by atoms with Gasteiger partial charge < -0.3 is 25.0 Å². The number of benzene rings is 4. The largest absolute Gasteiger partial charge is 0.488 e. The van der Waals surface area contributed by atoms with Crippen molar-refractivity contribution in [3.63, 3.8) is 0 Å². The molecular weight excluding hydrogens is 628 g/mol. The third-order valence-electron chi connectivity index (χ3n) is 8.12. The number of halogens is 1. The first kappa shape index (κ1) is 33.1. The fourth-order valence-corrected chi connectivity index (χ4v) is 6.61. The summed E-state index contributed by atoms with van der Waals surface area (Å²) in [6, 6.07) is 23.3. The SMILES string of the molecule is C[C@H]1CN([C@@H](C)CO)C(=O)Cc2cc(NS(=O)(=O)c3ccc(Cl)cc3)ccc2O[C@H]1CN(C)C(=O)Nc1cccc2ccccc12. The van der Waals surface area contributed by atoms with E-state index in [2.05, 4.69) is 10.0 Å². The summed E-state index contributed by atoms with van der Waals surface area (Å²) in [5.74, 6) is -0.0699. The van der Waals surface area contributed by atoms with Gasteiger partial charge in [-0.2, -0.15) is 0 Å². The first-order valence-corrected chi connectivity index (χ1v) is 16.8. The number of aliphatic hydroxyl groups is 1. The second kappa shape index (κ2) is 14.0. The summed E-state index contributed by atoms with van der Waals surface area (Å²) in [4.78, 5) is 30.1. The number of fused-ring (bicyclic) bond motifs is 2. The van der Waals surface area contributed by atoms with Crippen molar-refractivity contribution in [2.45, 2.75) is 37.3 Å². The van der Waals surface area contributed by atoms with Crippen molar-refractivity contribution < 1.29 is 27.9 Å². The zero-order chi connectivity index (χ0) is 33.0. The van der Waals surface area contributed by atoms with Gasteiger partial charge in [0.05, 0.1) is 36.2 Å². The van der Waals surface area contributed by atoms with Crippen molar-refractivity contribution >= 4 is 55.7 Å². The van der Waals surface area contributed by atoms with Crippen molar-refractivity contribution in [1.82, 2.24) is 9.80 Å². The van der Waals surface area contributed by atoms with E-state index < -0.39 is 22.2 Å². The maximum absolute atomic E-state index is 13.6. The van der Waals surface area contributed by atoms with Crippen LogP contribution in [0.3, 0.4) is 0 Å². The van der Waals surface area contributed by atoms with Gasteiger partial charge in [-0.1, -0.05) is 54.9 Å². The van der Waals surface area contributed by atoms with Gasteiger partial charge in [-0.05, 0) is 60.8 Å². The average molecular weight is 665 g/mol. The fraction of sp³-hybridized carbons (Fsp3) is 0.294. The highest BCUT2D eigenvalue weighted by Gasteiger charge is 2.32. The molecule has 0 unspecified atom stereocenters. The lowest BCUT2D eigenvalue weighted by Gasteiger charge is -2.34. The molecule has 242 valence electrons. The molecule has 0 saturated heterocycles. The molecule has 0 saturated carbocycles. The van der Waals surface area contributed by atoms with E-state index in [1.54, 1.807) is 37.1 Å². The van der Waals surface area contributed by atoms with Crippen LogP contribution in [0.1, 0.15) is 19.4 Å². The third kappa shape index (κ3) is 7.55. The zero-order valence-corrected chi connectivity index (χ0v) is 27.4. The number of urea groups is 1. The molecule has 0 aliphatic carbocycles. The lowest BCUT2D eigenvalue weighted by Crippen LogP contribution is -2.48. The predicted octanol–water partition coefficient (Wildman–Crippen LogP) is 5.61. The number of hydrogen-bond acceptors (Lipinski definition) is 6. The van der Waals surface area contributed by atoms with E-state index in [0.29, 0.717) is 22.0 Å². The number of carbonyl (C=O) groups is 2. The van der Waals surface area contributed by atoms with Crippen LogP contribution < -0.4 is 14.8 Å². The molecule has 3 amide bonds. The van der Waals surface area contributed by atoms with E-state index in [1.807, 2.05) is 49.4 Å². The van der Waals surface area contributed by atoms with E-state index in [-0.39, 0.29) is 54.6 Å². The average Bonchev–Trinajstić information content (AvgIpc) is 3.08. The van der Waals surface area contributed by atoms with Gasteiger partial charge in [0, 0.05) is 41.2 Å². The van der Waals surface area contributed by atoms with Gasteiger partial charge in [0.15, 0.2) is 0 Å². The molecule has 3 N–H and O–H groups in total. The highest BCUT2D eigenvalue weighted by atomic mass is 35.5. The molecule has 0 spiro atoms. The van der Waals surface area contributed by atoms with Crippen LogP contribution in [0, 0.1) is 5.92 Å². The van der Waals surface area contributed by atoms with Gasteiger partial charge in [0.2, 0.25) is 5.91 Å². The van der Waals surface area contributed by atoms with E-state index in [0.717, 1.165) is 10.8 Å². The number of carbonyl (C=O) groups excluding carboxylic acids is 2. The van der Waals surface area contributed by atoms with Crippen molar-refractivity contribution in [1.29, 1.82) is 0 Å². The van der Waals surface area contributed by atoms with Crippen LogP contribution in [-0.4, -0.2) is 74.2 Å². The molecule has 0 bridgehead atoms. The quantitative estimate of drug-likeness (QED) is 0.225. The van der Waals surface area contributed by atoms with Gasteiger partial charge in [0.25, 0.3) is 10.0 Å². The van der Waals surface area contributed by atoms with Crippen LogP contribution in [0.4, 0.5) is 16.2 Å².